The molecule has 0 amide bonds. The number of nitrogens with zero attached hydrogens (tertiary/aromatic N) is 4. The number of hydrogen-bond acceptors (Lipinski definition) is 5. The van der Waals surface area contributed by atoms with Crippen molar-refractivity contribution >= 4 is 11.6 Å². The van der Waals surface area contributed by atoms with E-state index in [4.69, 9.17) is 5.11 Å². The largest absolute Gasteiger partial charge is 0.395 e. The number of rotatable bonds is 3. The topological polar surface area (TPSA) is 75.3 Å². The van der Waals surface area contributed by atoms with Crippen molar-refractivity contribution in [2.45, 2.75) is 0 Å². The Balaban J connectivity index is 2.45. The SMILES string of the molecule is OCCNc1ncc(F)c2ncnn12. The zero-order valence-electron chi connectivity index (χ0n) is 7.18. The first-order chi connectivity index (χ1) is 6.83. The van der Waals surface area contributed by atoms with Crippen molar-refractivity contribution in [3.05, 3.63) is 18.3 Å². The summed E-state index contributed by atoms with van der Waals surface area (Å²) in [6.07, 6.45) is 2.30. The highest BCUT2D eigenvalue weighted by Gasteiger charge is 2.07. The average Bonchev–Trinajstić information content (AvgIpc) is 2.66. The Hall–Kier alpha value is -1.76. The van der Waals surface area contributed by atoms with Crippen LogP contribution in [0.4, 0.5) is 10.3 Å². The quantitative estimate of drug-likeness (QED) is 0.704. The van der Waals surface area contributed by atoms with Gasteiger partial charge in [0.2, 0.25) is 5.95 Å². The van der Waals surface area contributed by atoms with Crippen molar-refractivity contribution in [3.8, 4) is 0 Å². The third-order valence-electron chi connectivity index (χ3n) is 1.66. The van der Waals surface area contributed by atoms with Crippen molar-refractivity contribution in [1.82, 2.24) is 19.6 Å². The molecule has 2 rings (SSSR count). The Morgan fingerprint density at radius 2 is 2.36 bits per heavy atom. The van der Waals surface area contributed by atoms with Crippen LogP contribution in [0.3, 0.4) is 0 Å². The summed E-state index contributed by atoms with van der Waals surface area (Å²) in [5.74, 6) is -0.176. The minimum absolute atomic E-state index is 0.0325. The lowest BCUT2D eigenvalue weighted by Gasteiger charge is -2.04. The summed E-state index contributed by atoms with van der Waals surface area (Å²) in [4.78, 5) is 7.50. The van der Waals surface area contributed by atoms with Gasteiger partial charge in [0.05, 0.1) is 12.8 Å². The second-order valence-corrected chi connectivity index (χ2v) is 2.58. The van der Waals surface area contributed by atoms with E-state index < -0.39 is 5.82 Å². The van der Waals surface area contributed by atoms with Gasteiger partial charge in [-0.2, -0.15) is 9.61 Å². The van der Waals surface area contributed by atoms with E-state index in [1.54, 1.807) is 0 Å². The van der Waals surface area contributed by atoms with Crippen LogP contribution in [-0.4, -0.2) is 37.8 Å². The smallest absolute Gasteiger partial charge is 0.226 e. The number of anilines is 1. The second kappa shape index (κ2) is 3.54. The van der Waals surface area contributed by atoms with Crippen LogP contribution in [0.5, 0.6) is 0 Å². The molecule has 0 fully saturated rings. The molecule has 0 saturated carbocycles. The van der Waals surface area contributed by atoms with E-state index in [9.17, 15) is 4.39 Å². The third kappa shape index (κ3) is 1.37. The van der Waals surface area contributed by atoms with E-state index in [1.165, 1.54) is 10.8 Å². The highest BCUT2D eigenvalue weighted by atomic mass is 19.1. The van der Waals surface area contributed by atoms with Crippen LogP contribution >= 0.6 is 0 Å². The second-order valence-electron chi connectivity index (χ2n) is 2.58. The fraction of sp³-hybridized carbons (Fsp3) is 0.286. The number of fused-ring (bicyclic) bond motifs is 1. The zero-order chi connectivity index (χ0) is 9.97. The van der Waals surface area contributed by atoms with Crippen molar-refractivity contribution in [1.29, 1.82) is 0 Å². The molecule has 0 spiro atoms. The summed E-state index contributed by atoms with van der Waals surface area (Å²) in [5, 5.41) is 15.2. The number of aromatic nitrogens is 4. The zero-order valence-corrected chi connectivity index (χ0v) is 7.18. The van der Waals surface area contributed by atoms with E-state index >= 15 is 0 Å². The molecule has 2 aromatic heterocycles. The van der Waals surface area contributed by atoms with E-state index in [0.717, 1.165) is 6.20 Å². The Labute approximate surface area is 78.4 Å². The molecule has 0 unspecified atom stereocenters. The Morgan fingerprint density at radius 1 is 1.50 bits per heavy atom. The van der Waals surface area contributed by atoms with Crippen LogP contribution in [0.25, 0.3) is 5.65 Å². The molecular weight excluding hydrogens is 189 g/mol. The molecular formula is C7H8FN5O. The fourth-order valence-corrected chi connectivity index (χ4v) is 1.08. The lowest BCUT2D eigenvalue weighted by molar-refractivity contribution is 0.310. The van der Waals surface area contributed by atoms with E-state index in [0.29, 0.717) is 12.5 Å². The van der Waals surface area contributed by atoms with Gasteiger partial charge in [-0.3, -0.25) is 0 Å². The minimum Gasteiger partial charge on any atom is -0.395 e. The molecule has 14 heavy (non-hydrogen) atoms. The normalized spacial score (nSPS) is 10.7. The molecule has 0 aliphatic rings. The predicted molar refractivity (Wildman–Crippen MR) is 46.3 cm³/mol. The van der Waals surface area contributed by atoms with Gasteiger partial charge in [-0.1, -0.05) is 0 Å². The van der Waals surface area contributed by atoms with Gasteiger partial charge in [0.15, 0.2) is 11.5 Å². The Kier molecular flexibility index (Phi) is 2.23. The average molecular weight is 197 g/mol. The number of halogens is 1. The van der Waals surface area contributed by atoms with Gasteiger partial charge in [-0.15, -0.1) is 0 Å². The van der Waals surface area contributed by atoms with Crippen LogP contribution < -0.4 is 5.32 Å². The van der Waals surface area contributed by atoms with Crippen LogP contribution in [0.15, 0.2) is 12.5 Å². The summed E-state index contributed by atoms with van der Waals surface area (Å²) < 4.78 is 14.3. The highest BCUT2D eigenvalue weighted by molar-refractivity contribution is 5.43. The van der Waals surface area contributed by atoms with Gasteiger partial charge in [0, 0.05) is 6.54 Å². The summed E-state index contributed by atoms with van der Waals surface area (Å²) in [7, 11) is 0. The van der Waals surface area contributed by atoms with Crippen molar-refractivity contribution in [3.63, 3.8) is 0 Å². The Bertz CT molecular complexity index is 443. The van der Waals surface area contributed by atoms with E-state index in [1.807, 2.05) is 0 Å². The monoisotopic (exact) mass is 197 g/mol. The summed E-state index contributed by atoms with van der Waals surface area (Å²) in [5.41, 5.74) is 0.112. The molecule has 0 radical (unpaired) electrons. The van der Waals surface area contributed by atoms with Gasteiger partial charge < -0.3 is 10.4 Å². The fourth-order valence-electron chi connectivity index (χ4n) is 1.08. The number of aliphatic hydroxyl groups is 1. The van der Waals surface area contributed by atoms with Crippen molar-refractivity contribution in [2.24, 2.45) is 0 Å². The number of nitrogens with one attached hydrogen (secondary N) is 1. The van der Waals surface area contributed by atoms with Gasteiger partial charge in [-0.25, -0.2) is 14.4 Å². The van der Waals surface area contributed by atoms with Crippen molar-refractivity contribution < 1.29 is 9.50 Å². The maximum atomic E-state index is 13.1. The van der Waals surface area contributed by atoms with Gasteiger partial charge in [0.1, 0.15) is 6.33 Å². The predicted octanol–water partition coefficient (Wildman–Crippen LogP) is -0.332. The maximum absolute atomic E-state index is 13.1. The summed E-state index contributed by atoms with van der Waals surface area (Å²) >= 11 is 0. The van der Waals surface area contributed by atoms with Crippen LogP contribution in [-0.2, 0) is 0 Å². The number of hydrogen-bond donors (Lipinski definition) is 2. The Morgan fingerprint density at radius 3 is 3.14 bits per heavy atom. The number of aliphatic hydroxyl groups excluding tert-OH is 1. The van der Waals surface area contributed by atoms with Crippen molar-refractivity contribution in [2.75, 3.05) is 18.5 Å². The molecule has 2 aromatic rings. The lowest BCUT2D eigenvalue weighted by atomic mass is 10.6. The molecule has 0 atom stereocenters. The molecule has 0 aliphatic carbocycles. The molecule has 7 heteroatoms. The standard InChI is InChI=1S/C7H8FN5O/c8-5-3-10-7(9-1-2-14)13-6(5)11-4-12-13/h3-4,14H,1-2H2,(H,9,10). The molecule has 0 bridgehead atoms. The van der Waals surface area contributed by atoms with Crippen LogP contribution in [0.1, 0.15) is 0 Å². The first-order valence-corrected chi connectivity index (χ1v) is 4.02. The third-order valence-corrected chi connectivity index (χ3v) is 1.66. The molecule has 0 aliphatic heterocycles. The maximum Gasteiger partial charge on any atom is 0.226 e. The van der Waals surface area contributed by atoms with Crippen LogP contribution in [0.2, 0.25) is 0 Å². The van der Waals surface area contributed by atoms with Gasteiger partial charge in [0.25, 0.3) is 0 Å². The summed E-state index contributed by atoms with van der Waals surface area (Å²) in [6, 6.07) is 0. The molecule has 0 aromatic carbocycles. The molecule has 74 valence electrons. The first-order valence-electron chi connectivity index (χ1n) is 4.02. The van der Waals surface area contributed by atoms with E-state index in [-0.39, 0.29) is 12.3 Å². The molecule has 2 heterocycles. The lowest BCUT2D eigenvalue weighted by Crippen LogP contribution is -2.11. The van der Waals surface area contributed by atoms with Gasteiger partial charge >= 0.3 is 0 Å². The molecule has 2 N–H and O–H groups in total. The molecule has 0 saturated heterocycles. The first kappa shape index (κ1) is 8.82. The minimum atomic E-state index is -0.531. The van der Waals surface area contributed by atoms with Crippen LogP contribution in [0, 0.1) is 5.82 Å². The molecule has 6 nitrogen and oxygen atoms in total. The van der Waals surface area contributed by atoms with Gasteiger partial charge in [-0.05, 0) is 0 Å². The van der Waals surface area contributed by atoms with E-state index in [2.05, 4.69) is 20.4 Å². The highest BCUT2D eigenvalue weighted by Crippen LogP contribution is 2.08. The summed E-state index contributed by atoms with van der Waals surface area (Å²) in [6.45, 7) is 0.294.